The quantitative estimate of drug-likeness (QED) is 0.570. The van der Waals surface area contributed by atoms with Crippen LogP contribution in [0.5, 0.6) is 0 Å². The first-order chi connectivity index (χ1) is 6.20. The summed E-state index contributed by atoms with van der Waals surface area (Å²) >= 11 is 0. The Hall–Kier alpha value is -0.0800. The van der Waals surface area contributed by atoms with Crippen LogP contribution < -0.4 is 11.1 Å². The van der Waals surface area contributed by atoms with Crippen LogP contribution in [0.3, 0.4) is 0 Å². The lowest BCUT2D eigenvalue weighted by Crippen LogP contribution is -2.24. The molecule has 2 nitrogen and oxygen atoms in total. The summed E-state index contributed by atoms with van der Waals surface area (Å²) in [7, 11) is 0. The van der Waals surface area contributed by atoms with Crippen molar-refractivity contribution in [2.45, 2.75) is 52.5 Å². The fraction of sp³-hybridized carbons (Fsp3) is 1.00. The summed E-state index contributed by atoms with van der Waals surface area (Å²) in [6.07, 6.45) is 4.92. The summed E-state index contributed by atoms with van der Waals surface area (Å²) in [5.74, 6) is 0.857. The average molecular weight is 186 g/mol. The van der Waals surface area contributed by atoms with E-state index in [9.17, 15) is 0 Å². The molecule has 1 atom stereocenters. The second-order valence-corrected chi connectivity index (χ2v) is 4.01. The highest BCUT2D eigenvalue weighted by Gasteiger charge is 2.01. The van der Waals surface area contributed by atoms with Gasteiger partial charge in [0.05, 0.1) is 0 Å². The molecular formula is C11H26N2. The number of nitrogens with one attached hydrogen (secondary N) is 1. The fourth-order valence-electron chi connectivity index (χ4n) is 1.43. The maximum absolute atomic E-state index is 5.66. The molecule has 0 aromatic carbocycles. The zero-order valence-corrected chi connectivity index (χ0v) is 9.47. The Kier molecular flexibility index (Phi) is 8.46. The van der Waals surface area contributed by atoms with E-state index >= 15 is 0 Å². The largest absolute Gasteiger partial charge is 0.328 e. The summed E-state index contributed by atoms with van der Waals surface area (Å²) in [5, 5.41) is 3.49. The van der Waals surface area contributed by atoms with E-state index in [4.69, 9.17) is 5.73 Å². The van der Waals surface area contributed by atoms with Gasteiger partial charge >= 0.3 is 0 Å². The minimum absolute atomic E-state index is 0.356. The van der Waals surface area contributed by atoms with E-state index in [-0.39, 0.29) is 0 Å². The van der Waals surface area contributed by atoms with Gasteiger partial charge in [0, 0.05) is 6.04 Å². The highest BCUT2D eigenvalue weighted by atomic mass is 14.9. The molecule has 0 saturated carbocycles. The van der Waals surface area contributed by atoms with Crippen LogP contribution in [-0.2, 0) is 0 Å². The standard InChI is InChI=1S/C11H26N2/c1-4-11(5-2)9-13-8-6-7-10(3)12/h10-11,13H,4-9,12H2,1-3H3. The predicted molar refractivity (Wildman–Crippen MR) is 59.8 cm³/mol. The van der Waals surface area contributed by atoms with Crippen molar-refractivity contribution in [1.82, 2.24) is 5.32 Å². The number of rotatable bonds is 8. The van der Waals surface area contributed by atoms with Crippen LogP contribution in [0, 0.1) is 5.92 Å². The van der Waals surface area contributed by atoms with Gasteiger partial charge in [-0.2, -0.15) is 0 Å². The lowest BCUT2D eigenvalue weighted by Gasteiger charge is -2.13. The smallest absolute Gasteiger partial charge is 0.00109 e. The highest BCUT2D eigenvalue weighted by molar-refractivity contribution is 4.60. The van der Waals surface area contributed by atoms with Crippen molar-refractivity contribution in [1.29, 1.82) is 0 Å². The topological polar surface area (TPSA) is 38.0 Å². The first-order valence-electron chi connectivity index (χ1n) is 5.66. The third-order valence-electron chi connectivity index (χ3n) is 2.60. The van der Waals surface area contributed by atoms with Gasteiger partial charge in [-0.3, -0.25) is 0 Å². The van der Waals surface area contributed by atoms with Crippen LogP contribution in [0.1, 0.15) is 46.5 Å². The summed E-state index contributed by atoms with van der Waals surface area (Å²) < 4.78 is 0. The molecule has 0 spiro atoms. The molecule has 13 heavy (non-hydrogen) atoms. The van der Waals surface area contributed by atoms with E-state index in [1.807, 2.05) is 0 Å². The Bertz CT molecular complexity index is 98.3. The van der Waals surface area contributed by atoms with Gasteiger partial charge in [0.25, 0.3) is 0 Å². The maximum Gasteiger partial charge on any atom is 0.00109 e. The van der Waals surface area contributed by atoms with Crippen LogP contribution in [0.4, 0.5) is 0 Å². The number of nitrogens with two attached hydrogens (primary N) is 1. The van der Waals surface area contributed by atoms with Gasteiger partial charge in [-0.15, -0.1) is 0 Å². The normalized spacial score (nSPS) is 13.6. The third kappa shape index (κ3) is 8.26. The van der Waals surface area contributed by atoms with E-state index in [1.54, 1.807) is 0 Å². The second kappa shape index (κ2) is 8.52. The number of hydrogen-bond donors (Lipinski definition) is 2. The Morgan fingerprint density at radius 3 is 2.31 bits per heavy atom. The Morgan fingerprint density at radius 1 is 1.23 bits per heavy atom. The molecule has 80 valence electrons. The second-order valence-electron chi connectivity index (χ2n) is 4.01. The highest BCUT2D eigenvalue weighted by Crippen LogP contribution is 2.04. The van der Waals surface area contributed by atoms with E-state index in [0.29, 0.717) is 6.04 Å². The molecule has 0 aromatic rings. The summed E-state index contributed by atoms with van der Waals surface area (Å²) in [5.41, 5.74) is 5.66. The summed E-state index contributed by atoms with van der Waals surface area (Å²) in [4.78, 5) is 0. The van der Waals surface area contributed by atoms with E-state index in [2.05, 4.69) is 26.1 Å². The maximum atomic E-state index is 5.66. The van der Waals surface area contributed by atoms with Crippen molar-refractivity contribution in [3.63, 3.8) is 0 Å². The van der Waals surface area contributed by atoms with Gasteiger partial charge in [-0.25, -0.2) is 0 Å². The molecule has 0 aliphatic rings. The third-order valence-corrected chi connectivity index (χ3v) is 2.60. The molecular weight excluding hydrogens is 160 g/mol. The molecule has 0 radical (unpaired) electrons. The Balaban J connectivity index is 3.14. The minimum Gasteiger partial charge on any atom is -0.328 e. The van der Waals surface area contributed by atoms with E-state index < -0.39 is 0 Å². The predicted octanol–water partition coefficient (Wildman–Crippen LogP) is 2.14. The van der Waals surface area contributed by atoms with Crippen LogP contribution >= 0.6 is 0 Å². The molecule has 0 fully saturated rings. The first kappa shape index (κ1) is 12.9. The van der Waals surface area contributed by atoms with Gasteiger partial charge in [0.15, 0.2) is 0 Å². The Morgan fingerprint density at radius 2 is 1.85 bits per heavy atom. The molecule has 3 N–H and O–H groups in total. The SMILES string of the molecule is CCC(CC)CNCCCC(C)N. The Labute approximate surface area is 83.3 Å². The molecule has 0 bridgehead atoms. The fourth-order valence-corrected chi connectivity index (χ4v) is 1.43. The van der Waals surface area contributed by atoms with Crippen LogP contribution in [0.15, 0.2) is 0 Å². The van der Waals surface area contributed by atoms with Crippen LogP contribution in [-0.4, -0.2) is 19.1 Å². The van der Waals surface area contributed by atoms with Crippen molar-refractivity contribution >= 4 is 0 Å². The van der Waals surface area contributed by atoms with Gasteiger partial charge in [0.2, 0.25) is 0 Å². The molecule has 0 heterocycles. The lowest BCUT2D eigenvalue weighted by atomic mass is 10.0. The number of hydrogen-bond acceptors (Lipinski definition) is 2. The molecule has 0 saturated heterocycles. The van der Waals surface area contributed by atoms with Crippen molar-refractivity contribution < 1.29 is 0 Å². The molecule has 0 rings (SSSR count). The summed E-state index contributed by atoms with van der Waals surface area (Å²) in [6, 6.07) is 0.356. The van der Waals surface area contributed by atoms with Crippen molar-refractivity contribution in [3.05, 3.63) is 0 Å². The molecule has 1 unspecified atom stereocenters. The van der Waals surface area contributed by atoms with E-state index in [1.165, 1.54) is 25.8 Å². The monoisotopic (exact) mass is 186 g/mol. The van der Waals surface area contributed by atoms with E-state index in [0.717, 1.165) is 18.9 Å². The first-order valence-corrected chi connectivity index (χ1v) is 5.66. The molecule has 0 aromatic heterocycles. The van der Waals surface area contributed by atoms with Gasteiger partial charge in [0.1, 0.15) is 0 Å². The van der Waals surface area contributed by atoms with Gasteiger partial charge < -0.3 is 11.1 Å². The van der Waals surface area contributed by atoms with Crippen molar-refractivity contribution in [2.75, 3.05) is 13.1 Å². The van der Waals surface area contributed by atoms with Crippen LogP contribution in [0.25, 0.3) is 0 Å². The zero-order valence-electron chi connectivity index (χ0n) is 9.47. The van der Waals surface area contributed by atoms with Gasteiger partial charge in [-0.05, 0) is 38.8 Å². The molecule has 2 heteroatoms. The summed E-state index contributed by atoms with van der Waals surface area (Å²) in [6.45, 7) is 8.89. The zero-order chi connectivity index (χ0) is 10.1. The lowest BCUT2D eigenvalue weighted by molar-refractivity contribution is 0.442. The van der Waals surface area contributed by atoms with Crippen molar-refractivity contribution in [3.8, 4) is 0 Å². The van der Waals surface area contributed by atoms with Crippen LogP contribution in [0.2, 0.25) is 0 Å². The molecule has 0 amide bonds. The average Bonchev–Trinajstić information content (AvgIpc) is 2.11. The molecule has 0 aliphatic heterocycles. The van der Waals surface area contributed by atoms with Crippen molar-refractivity contribution in [2.24, 2.45) is 11.7 Å². The minimum atomic E-state index is 0.356. The van der Waals surface area contributed by atoms with Gasteiger partial charge in [-0.1, -0.05) is 26.7 Å². The molecule has 0 aliphatic carbocycles.